The number of likely N-dealkylation sites (N-methyl/N-ethyl adjacent to an activating group) is 2. The van der Waals surface area contributed by atoms with E-state index in [1.807, 2.05) is 26.2 Å². The molecule has 0 spiro atoms. The maximum Gasteiger partial charge on any atom is 0.0784 e. The monoisotopic (exact) mass is 255 g/mol. The molecule has 0 aliphatic heterocycles. The molecule has 2 rings (SSSR count). The molecule has 0 bridgehead atoms. The number of nitrogens with one attached hydrogen (secondary N) is 1. The zero-order valence-electron chi connectivity index (χ0n) is 11.9. The summed E-state index contributed by atoms with van der Waals surface area (Å²) in [6, 6.07) is 8.62. The highest BCUT2D eigenvalue weighted by molar-refractivity contribution is 5.84. The molecule has 1 atom stereocenters. The molecular weight excluding hydrogens is 234 g/mol. The molecule has 1 unspecified atom stereocenters. The van der Waals surface area contributed by atoms with Gasteiger partial charge in [-0.3, -0.25) is 9.88 Å². The Balaban J connectivity index is 2.24. The van der Waals surface area contributed by atoms with Gasteiger partial charge in [-0.25, -0.2) is 0 Å². The van der Waals surface area contributed by atoms with Crippen LogP contribution in [-0.4, -0.2) is 30.1 Å². The van der Waals surface area contributed by atoms with Gasteiger partial charge >= 0.3 is 0 Å². The maximum absolute atomic E-state index is 4.32. The number of aryl methyl sites for hydroxylation is 1. The molecule has 0 fully saturated rings. The third kappa shape index (κ3) is 3.00. The van der Waals surface area contributed by atoms with Crippen LogP contribution in [0.15, 0.2) is 43.1 Å². The Morgan fingerprint density at radius 2 is 2.21 bits per heavy atom. The third-order valence-electron chi connectivity index (χ3n) is 3.45. The van der Waals surface area contributed by atoms with Crippen LogP contribution in [0.1, 0.15) is 11.3 Å². The number of hydrogen-bond donors (Lipinski definition) is 1. The van der Waals surface area contributed by atoms with Crippen LogP contribution in [0.4, 0.5) is 0 Å². The van der Waals surface area contributed by atoms with Gasteiger partial charge in [0.05, 0.1) is 6.17 Å². The van der Waals surface area contributed by atoms with Crippen molar-refractivity contribution in [2.45, 2.75) is 19.6 Å². The molecule has 3 heteroatoms. The van der Waals surface area contributed by atoms with Crippen molar-refractivity contribution in [2.24, 2.45) is 0 Å². The van der Waals surface area contributed by atoms with Gasteiger partial charge in [0.15, 0.2) is 0 Å². The van der Waals surface area contributed by atoms with E-state index >= 15 is 0 Å². The van der Waals surface area contributed by atoms with Crippen LogP contribution in [0.2, 0.25) is 0 Å². The van der Waals surface area contributed by atoms with E-state index in [9.17, 15) is 0 Å². The van der Waals surface area contributed by atoms with E-state index in [1.54, 1.807) is 0 Å². The van der Waals surface area contributed by atoms with Crippen LogP contribution >= 0.6 is 0 Å². The quantitative estimate of drug-likeness (QED) is 0.657. The Labute approximate surface area is 115 Å². The summed E-state index contributed by atoms with van der Waals surface area (Å²) in [5.41, 5.74) is 2.37. The van der Waals surface area contributed by atoms with Crippen molar-refractivity contribution < 1.29 is 0 Å². The first-order valence-corrected chi connectivity index (χ1v) is 6.50. The molecule has 0 amide bonds. The molecule has 0 saturated heterocycles. The zero-order chi connectivity index (χ0) is 13.8. The van der Waals surface area contributed by atoms with Gasteiger partial charge < -0.3 is 5.32 Å². The summed E-state index contributed by atoms with van der Waals surface area (Å²) >= 11 is 0. The topological polar surface area (TPSA) is 28.2 Å². The van der Waals surface area contributed by atoms with Crippen molar-refractivity contribution in [3.05, 3.63) is 54.4 Å². The predicted molar refractivity (Wildman–Crippen MR) is 81.0 cm³/mol. The lowest BCUT2D eigenvalue weighted by Crippen LogP contribution is -2.39. The van der Waals surface area contributed by atoms with Crippen LogP contribution in [0, 0.1) is 6.92 Å². The average molecular weight is 255 g/mol. The summed E-state index contributed by atoms with van der Waals surface area (Å²) in [5, 5.41) is 5.69. The van der Waals surface area contributed by atoms with Gasteiger partial charge in [-0.05, 0) is 44.1 Å². The summed E-state index contributed by atoms with van der Waals surface area (Å²) in [5.74, 6) is 0. The summed E-state index contributed by atoms with van der Waals surface area (Å²) < 4.78 is 0. The van der Waals surface area contributed by atoms with E-state index in [0.29, 0.717) is 0 Å². The number of hydrogen-bond acceptors (Lipinski definition) is 3. The van der Waals surface area contributed by atoms with Gasteiger partial charge in [0.25, 0.3) is 0 Å². The van der Waals surface area contributed by atoms with Crippen LogP contribution in [0.3, 0.4) is 0 Å². The third-order valence-corrected chi connectivity index (χ3v) is 3.45. The molecule has 100 valence electrons. The standard InChI is InChI=1S/C16H21N3/c1-5-16(17-3)19(4)11-13-6-7-15-12(2)18-9-8-14(15)10-13/h5-10,16-17H,1,11H2,2-4H3. The predicted octanol–water partition coefficient (Wildman–Crippen LogP) is 2.71. The van der Waals surface area contributed by atoms with Crippen molar-refractivity contribution in [1.82, 2.24) is 15.2 Å². The number of fused-ring (bicyclic) bond motifs is 1. The first-order valence-electron chi connectivity index (χ1n) is 6.50. The molecule has 0 radical (unpaired) electrons. The lowest BCUT2D eigenvalue weighted by atomic mass is 10.1. The van der Waals surface area contributed by atoms with E-state index in [1.165, 1.54) is 16.3 Å². The molecule has 1 aromatic carbocycles. The van der Waals surface area contributed by atoms with Gasteiger partial charge in [-0.2, -0.15) is 0 Å². The molecule has 0 aliphatic rings. The fourth-order valence-electron chi connectivity index (χ4n) is 2.38. The van der Waals surface area contributed by atoms with Crippen LogP contribution < -0.4 is 5.32 Å². The highest BCUT2D eigenvalue weighted by Crippen LogP contribution is 2.19. The molecule has 19 heavy (non-hydrogen) atoms. The Morgan fingerprint density at radius 1 is 1.42 bits per heavy atom. The number of benzene rings is 1. The van der Waals surface area contributed by atoms with Crippen molar-refractivity contribution in [1.29, 1.82) is 0 Å². The molecule has 1 aromatic heterocycles. The van der Waals surface area contributed by atoms with Gasteiger partial charge in [0.2, 0.25) is 0 Å². The van der Waals surface area contributed by atoms with Crippen molar-refractivity contribution in [2.75, 3.05) is 14.1 Å². The Kier molecular flexibility index (Phi) is 4.30. The molecule has 0 aliphatic carbocycles. The summed E-state index contributed by atoms with van der Waals surface area (Å²) in [4.78, 5) is 6.54. The Bertz CT molecular complexity index is 577. The Morgan fingerprint density at radius 3 is 2.89 bits per heavy atom. The maximum atomic E-state index is 4.32. The average Bonchev–Trinajstić information content (AvgIpc) is 2.40. The highest BCUT2D eigenvalue weighted by atomic mass is 15.2. The second kappa shape index (κ2) is 5.95. The normalized spacial score (nSPS) is 12.8. The minimum Gasteiger partial charge on any atom is -0.302 e. The molecule has 2 aromatic rings. The van der Waals surface area contributed by atoms with Gasteiger partial charge in [0.1, 0.15) is 0 Å². The van der Waals surface area contributed by atoms with E-state index in [4.69, 9.17) is 0 Å². The largest absolute Gasteiger partial charge is 0.302 e. The van der Waals surface area contributed by atoms with Crippen molar-refractivity contribution in [3.8, 4) is 0 Å². The fourth-order valence-corrected chi connectivity index (χ4v) is 2.38. The summed E-state index contributed by atoms with van der Waals surface area (Å²) in [7, 11) is 4.03. The van der Waals surface area contributed by atoms with Crippen LogP contribution in [-0.2, 0) is 6.54 Å². The van der Waals surface area contributed by atoms with E-state index in [2.05, 4.69) is 53.1 Å². The minimum atomic E-state index is 0.190. The van der Waals surface area contributed by atoms with Crippen LogP contribution in [0.25, 0.3) is 10.8 Å². The minimum absolute atomic E-state index is 0.190. The highest BCUT2D eigenvalue weighted by Gasteiger charge is 2.09. The van der Waals surface area contributed by atoms with E-state index < -0.39 is 0 Å². The summed E-state index contributed by atoms with van der Waals surface area (Å²) in [6.07, 6.45) is 3.97. The number of aromatic nitrogens is 1. The molecular formula is C16H21N3. The molecule has 0 saturated carbocycles. The molecule has 3 nitrogen and oxygen atoms in total. The number of rotatable bonds is 5. The second-order valence-corrected chi connectivity index (χ2v) is 4.84. The fraction of sp³-hybridized carbons (Fsp3) is 0.312. The summed E-state index contributed by atoms with van der Waals surface area (Å²) in [6.45, 7) is 6.77. The Hall–Kier alpha value is -1.71. The van der Waals surface area contributed by atoms with Gasteiger partial charge in [-0.1, -0.05) is 18.2 Å². The van der Waals surface area contributed by atoms with E-state index in [0.717, 1.165) is 12.2 Å². The first-order chi connectivity index (χ1) is 9.15. The van der Waals surface area contributed by atoms with E-state index in [-0.39, 0.29) is 6.17 Å². The molecule has 1 N–H and O–H groups in total. The van der Waals surface area contributed by atoms with Crippen molar-refractivity contribution >= 4 is 10.8 Å². The lowest BCUT2D eigenvalue weighted by molar-refractivity contribution is 0.248. The lowest BCUT2D eigenvalue weighted by Gasteiger charge is -2.24. The smallest absolute Gasteiger partial charge is 0.0784 e. The number of pyridine rings is 1. The first kappa shape index (κ1) is 13.7. The van der Waals surface area contributed by atoms with Crippen LogP contribution in [0.5, 0.6) is 0 Å². The van der Waals surface area contributed by atoms with Crippen molar-refractivity contribution in [3.63, 3.8) is 0 Å². The zero-order valence-corrected chi connectivity index (χ0v) is 11.9. The second-order valence-electron chi connectivity index (χ2n) is 4.84. The number of nitrogens with zero attached hydrogens (tertiary/aromatic N) is 2. The molecule has 1 heterocycles. The van der Waals surface area contributed by atoms with Gasteiger partial charge in [-0.15, -0.1) is 6.58 Å². The SMILES string of the molecule is C=CC(NC)N(C)Cc1ccc2c(C)nccc2c1. The van der Waals surface area contributed by atoms with Gasteiger partial charge in [0, 0.05) is 23.8 Å².